The minimum absolute atomic E-state index is 0.00624. The average molecular weight is 326 g/mol. The Bertz CT molecular complexity index is 678. The van der Waals surface area contributed by atoms with Crippen LogP contribution in [0.2, 0.25) is 0 Å². The van der Waals surface area contributed by atoms with E-state index in [1.807, 2.05) is 24.3 Å². The molecule has 24 heavy (non-hydrogen) atoms. The van der Waals surface area contributed by atoms with Gasteiger partial charge in [0.25, 0.3) is 0 Å². The van der Waals surface area contributed by atoms with Gasteiger partial charge in [-0.1, -0.05) is 31.2 Å². The molecule has 1 fully saturated rings. The molecule has 2 aromatic rings. The third-order valence-electron chi connectivity index (χ3n) is 4.35. The molecule has 0 radical (unpaired) electrons. The number of hydrogen-bond acceptors (Lipinski definition) is 2. The molecule has 0 aliphatic heterocycles. The highest BCUT2D eigenvalue weighted by molar-refractivity contribution is 5.92. The molecule has 3 nitrogen and oxygen atoms in total. The van der Waals surface area contributed by atoms with Crippen LogP contribution in [0.4, 0.5) is 10.1 Å². The van der Waals surface area contributed by atoms with Gasteiger partial charge in [0.1, 0.15) is 5.82 Å². The molecular weight excluding hydrogens is 303 g/mol. The summed E-state index contributed by atoms with van der Waals surface area (Å²) in [5.41, 5.74) is 3.11. The highest BCUT2D eigenvalue weighted by Gasteiger charge is 2.30. The molecule has 0 atom stereocenters. The van der Waals surface area contributed by atoms with Crippen LogP contribution in [0, 0.1) is 5.82 Å². The molecule has 3 rings (SSSR count). The van der Waals surface area contributed by atoms with Crippen molar-refractivity contribution < 1.29 is 9.18 Å². The maximum absolute atomic E-state index is 13.0. The fraction of sp³-hybridized carbons (Fsp3) is 0.350. The van der Waals surface area contributed by atoms with Gasteiger partial charge in [0.2, 0.25) is 5.91 Å². The Morgan fingerprint density at radius 3 is 2.29 bits per heavy atom. The zero-order valence-electron chi connectivity index (χ0n) is 14.0. The van der Waals surface area contributed by atoms with E-state index < -0.39 is 0 Å². The minimum Gasteiger partial charge on any atom is -0.325 e. The Labute approximate surface area is 142 Å². The van der Waals surface area contributed by atoms with Crippen LogP contribution < -0.4 is 5.32 Å². The van der Waals surface area contributed by atoms with E-state index in [1.165, 1.54) is 17.7 Å². The Hall–Kier alpha value is -2.20. The number of rotatable bonds is 7. The van der Waals surface area contributed by atoms with Gasteiger partial charge in [-0.2, -0.15) is 0 Å². The predicted molar refractivity (Wildman–Crippen MR) is 94.3 cm³/mol. The van der Waals surface area contributed by atoms with Crippen molar-refractivity contribution in [2.45, 2.75) is 38.8 Å². The van der Waals surface area contributed by atoms with Crippen LogP contribution in [-0.2, 0) is 17.8 Å². The van der Waals surface area contributed by atoms with Gasteiger partial charge in [0.15, 0.2) is 0 Å². The Balaban J connectivity index is 1.58. The molecule has 0 bridgehead atoms. The van der Waals surface area contributed by atoms with Gasteiger partial charge in [0.05, 0.1) is 6.54 Å². The molecule has 1 aliphatic carbocycles. The molecule has 1 aliphatic rings. The number of carbonyl (C=O) groups is 1. The van der Waals surface area contributed by atoms with Crippen molar-refractivity contribution in [1.29, 1.82) is 0 Å². The second kappa shape index (κ2) is 7.58. The van der Waals surface area contributed by atoms with E-state index in [-0.39, 0.29) is 11.7 Å². The number of nitrogens with one attached hydrogen (secondary N) is 1. The monoisotopic (exact) mass is 326 g/mol. The van der Waals surface area contributed by atoms with Gasteiger partial charge < -0.3 is 5.32 Å². The number of carbonyl (C=O) groups excluding carboxylic acids is 1. The van der Waals surface area contributed by atoms with E-state index in [2.05, 4.69) is 17.1 Å². The molecule has 1 saturated carbocycles. The van der Waals surface area contributed by atoms with Crippen molar-refractivity contribution in [3.05, 3.63) is 65.5 Å². The van der Waals surface area contributed by atoms with Crippen molar-refractivity contribution in [2.24, 2.45) is 0 Å². The lowest BCUT2D eigenvalue weighted by atomic mass is 10.1. The SMILES string of the molecule is CCc1ccc(NC(=O)CN(Cc2ccc(F)cc2)C2CC2)cc1. The van der Waals surface area contributed by atoms with Crippen molar-refractivity contribution in [1.82, 2.24) is 4.90 Å². The molecule has 0 heterocycles. The van der Waals surface area contributed by atoms with Gasteiger partial charge in [-0.15, -0.1) is 0 Å². The zero-order chi connectivity index (χ0) is 16.9. The summed E-state index contributed by atoms with van der Waals surface area (Å²) in [4.78, 5) is 14.5. The maximum Gasteiger partial charge on any atom is 0.238 e. The number of amides is 1. The topological polar surface area (TPSA) is 32.3 Å². The minimum atomic E-state index is -0.231. The summed E-state index contributed by atoms with van der Waals surface area (Å²) in [6.45, 7) is 3.14. The number of anilines is 1. The van der Waals surface area contributed by atoms with Crippen molar-refractivity contribution in [2.75, 3.05) is 11.9 Å². The van der Waals surface area contributed by atoms with E-state index in [0.29, 0.717) is 19.1 Å². The molecule has 2 aromatic carbocycles. The highest BCUT2D eigenvalue weighted by Crippen LogP contribution is 2.28. The molecule has 1 N–H and O–H groups in total. The van der Waals surface area contributed by atoms with Crippen LogP contribution in [0.15, 0.2) is 48.5 Å². The number of hydrogen-bond donors (Lipinski definition) is 1. The highest BCUT2D eigenvalue weighted by atomic mass is 19.1. The van der Waals surface area contributed by atoms with Gasteiger partial charge >= 0.3 is 0 Å². The van der Waals surface area contributed by atoms with Crippen LogP contribution in [-0.4, -0.2) is 23.4 Å². The molecule has 0 saturated heterocycles. The lowest BCUT2D eigenvalue weighted by Crippen LogP contribution is -2.34. The van der Waals surface area contributed by atoms with Crippen LogP contribution in [0.25, 0.3) is 0 Å². The zero-order valence-corrected chi connectivity index (χ0v) is 14.0. The first-order valence-corrected chi connectivity index (χ1v) is 8.51. The molecule has 0 spiro atoms. The maximum atomic E-state index is 13.0. The summed E-state index contributed by atoms with van der Waals surface area (Å²) in [5, 5.41) is 2.96. The number of aryl methyl sites for hydroxylation is 1. The van der Waals surface area contributed by atoms with Crippen LogP contribution in [0.3, 0.4) is 0 Å². The summed E-state index contributed by atoms with van der Waals surface area (Å²) in [5.74, 6) is -0.238. The molecule has 0 aromatic heterocycles. The summed E-state index contributed by atoms with van der Waals surface area (Å²) >= 11 is 0. The first-order valence-electron chi connectivity index (χ1n) is 8.51. The quantitative estimate of drug-likeness (QED) is 0.834. The largest absolute Gasteiger partial charge is 0.325 e. The number of benzene rings is 2. The molecule has 1 amide bonds. The van der Waals surface area contributed by atoms with E-state index in [9.17, 15) is 9.18 Å². The van der Waals surface area contributed by atoms with Gasteiger partial charge in [0, 0.05) is 18.3 Å². The number of halogens is 1. The predicted octanol–water partition coefficient (Wildman–Crippen LogP) is 3.99. The van der Waals surface area contributed by atoms with Gasteiger partial charge in [-0.3, -0.25) is 9.69 Å². The standard InChI is InChI=1S/C20H23FN2O/c1-2-15-5-9-18(10-6-15)22-20(24)14-23(19-11-12-19)13-16-3-7-17(21)8-4-16/h3-10,19H,2,11-14H2,1H3,(H,22,24). The van der Waals surface area contributed by atoms with E-state index >= 15 is 0 Å². The summed E-state index contributed by atoms with van der Waals surface area (Å²) in [6, 6.07) is 14.9. The summed E-state index contributed by atoms with van der Waals surface area (Å²) in [6.07, 6.45) is 3.24. The van der Waals surface area contributed by atoms with E-state index in [4.69, 9.17) is 0 Å². The average Bonchev–Trinajstić information content (AvgIpc) is 3.42. The first kappa shape index (κ1) is 16.7. The fourth-order valence-electron chi connectivity index (χ4n) is 2.79. The van der Waals surface area contributed by atoms with Crippen LogP contribution in [0.5, 0.6) is 0 Å². The normalized spacial score (nSPS) is 14.0. The smallest absolute Gasteiger partial charge is 0.238 e. The molecule has 0 unspecified atom stereocenters. The van der Waals surface area contributed by atoms with Crippen LogP contribution >= 0.6 is 0 Å². The van der Waals surface area contributed by atoms with Gasteiger partial charge in [-0.25, -0.2) is 4.39 Å². The van der Waals surface area contributed by atoms with Gasteiger partial charge in [-0.05, 0) is 54.7 Å². The lowest BCUT2D eigenvalue weighted by Gasteiger charge is -2.21. The van der Waals surface area contributed by atoms with Crippen molar-refractivity contribution in [3.63, 3.8) is 0 Å². The molecule has 4 heteroatoms. The second-order valence-electron chi connectivity index (χ2n) is 6.36. The summed E-state index contributed by atoms with van der Waals surface area (Å²) in [7, 11) is 0. The lowest BCUT2D eigenvalue weighted by molar-refractivity contribution is -0.117. The second-order valence-corrected chi connectivity index (χ2v) is 6.36. The summed E-state index contributed by atoms with van der Waals surface area (Å²) < 4.78 is 13.0. The van der Waals surface area contributed by atoms with Crippen molar-refractivity contribution in [3.8, 4) is 0 Å². The molecule has 126 valence electrons. The van der Waals surface area contributed by atoms with E-state index in [1.54, 1.807) is 12.1 Å². The third-order valence-corrected chi connectivity index (χ3v) is 4.35. The first-order chi connectivity index (χ1) is 11.6. The Morgan fingerprint density at radius 2 is 1.71 bits per heavy atom. The molecular formula is C20H23FN2O. The Kier molecular flexibility index (Phi) is 5.26. The third kappa shape index (κ3) is 4.65. The Morgan fingerprint density at radius 1 is 1.08 bits per heavy atom. The van der Waals surface area contributed by atoms with E-state index in [0.717, 1.165) is 30.5 Å². The number of nitrogens with zero attached hydrogens (tertiary/aromatic N) is 1. The van der Waals surface area contributed by atoms with Crippen LogP contribution in [0.1, 0.15) is 30.9 Å². The fourth-order valence-corrected chi connectivity index (χ4v) is 2.79. The van der Waals surface area contributed by atoms with Crippen molar-refractivity contribution >= 4 is 11.6 Å².